The van der Waals surface area contributed by atoms with Crippen LogP contribution in [0, 0.1) is 6.92 Å². The van der Waals surface area contributed by atoms with Crippen molar-refractivity contribution in [2.24, 2.45) is 0 Å². The summed E-state index contributed by atoms with van der Waals surface area (Å²) in [6.07, 6.45) is 3.97. The van der Waals surface area contributed by atoms with E-state index in [0.29, 0.717) is 11.6 Å². The number of benzene rings is 2. The maximum absolute atomic E-state index is 12.4. The van der Waals surface area contributed by atoms with Crippen LogP contribution in [-0.2, 0) is 10.0 Å². The van der Waals surface area contributed by atoms with E-state index < -0.39 is 10.0 Å². The molecule has 0 fully saturated rings. The van der Waals surface area contributed by atoms with E-state index in [9.17, 15) is 8.42 Å². The molecule has 4 rings (SSSR count). The molecule has 0 saturated carbocycles. The number of aromatic nitrogens is 1. The second kappa shape index (κ2) is 9.35. The molecule has 2 N–H and O–H groups in total. The monoisotopic (exact) mass is 477 g/mol. The molecule has 3 aromatic rings. The highest BCUT2D eigenvalue weighted by molar-refractivity contribution is 7.89. The van der Waals surface area contributed by atoms with Crippen LogP contribution in [0.2, 0.25) is 10.0 Å². The van der Waals surface area contributed by atoms with Crippen molar-refractivity contribution in [1.82, 2.24) is 14.6 Å². The van der Waals surface area contributed by atoms with E-state index in [1.54, 1.807) is 18.2 Å². The number of sulfonamides is 1. The molecule has 0 aliphatic carbocycles. The summed E-state index contributed by atoms with van der Waals surface area (Å²) < 4.78 is 27.4. The first-order chi connectivity index (χ1) is 14.8. The molecule has 1 aliphatic rings. The summed E-state index contributed by atoms with van der Waals surface area (Å²) in [5, 5.41) is 2.32. The molecule has 2 aromatic carbocycles. The fourth-order valence-corrected chi connectivity index (χ4v) is 5.63. The molecule has 0 atom stereocenters. The number of aromatic amines is 1. The van der Waals surface area contributed by atoms with Crippen molar-refractivity contribution in [3.05, 3.63) is 69.8 Å². The first kappa shape index (κ1) is 22.4. The Kier molecular flexibility index (Phi) is 6.74. The smallest absolute Gasteiger partial charge is 0.240 e. The van der Waals surface area contributed by atoms with Crippen molar-refractivity contribution < 1.29 is 8.42 Å². The van der Waals surface area contributed by atoms with Gasteiger partial charge in [-0.25, -0.2) is 13.1 Å². The third-order valence-electron chi connectivity index (χ3n) is 5.61. The number of hydrogen-bond donors (Lipinski definition) is 2. The number of H-pyrrole nitrogens is 1. The zero-order valence-electron chi connectivity index (χ0n) is 17.3. The summed E-state index contributed by atoms with van der Waals surface area (Å²) in [5.41, 5.74) is 4.86. The largest absolute Gasteiger partial charge is 0.358 e. The second-order valence-electron chi connectivity index (χ2n) is 7.80. The molecule has 0 saturated heterocycles. The number of halogens is 2. The lowest BCUT2D eigenvalue weighted by Gasteiger charge is -2.26. The number of rotatable bonds is 7. The molecule has 0 spiro atoms. The van der Waals surface area contributed by atoms with Crippen LogP contribution in [-0.4, -0.2) is 44.5 Å². The minimum absolute atomic E-state index is 0.194. The summed E-state index contributed by atoms with van der Waals surface area (Å²) in [4.78, 5) is 5.99. The van der Waals surface area contributed by atoms with E-state index in [4.69, 9.17) is 23.2 Å². The van der Waals surface area contributed by atoms with Gasteiger partial charge >= 0.3 is 0 Å². The topological polar surface area (TPSA) is 65.2 Å². The van der Waals surface area contributed by atoms with Gasteiger partial charge in [-0.05, 0) is 68.3 Å². The maximum atomic E-state index is 12.4. The summed E-state index contributed by atoms with van der Waals surface area (Å²) in [6.45, 7) is 5.12. The fraction of sp³-hybridized carbons (Fsp3) is 0.304. The summed E-state index contributed by atoms with van der Waals surface area (Å²) in [7, 11) is -3.53. The third-order valence-corrected chi connectivity index (χ3v) is 7.54. The lowest BCUT2D eigenvalue weighted by Crippen LogP contribution is -2.32. The molecule has 1 aliphatic heterocycles. The van der Waals surface area contributed by atoms with Gasteiger partial charge in [-0.15, -0.1) is 0 Å². The van der Waals surface area contributed by atoms with Gasteiger partial charge in [0.15, 0.2) is 0 Å². The zero-order valence-corrected chi connectivity index (χ0v) is 19.6. The molecule has 164 valence electrons. The normalized spacial score (nSPS) is 15.4. The molecule has 0 bridgehead atoms. The number of hydrogen-bond acceptors (Lipinski definition) is 3. The number of nitrogens with one attached hydrogen (secondary N) is 2. The van der Waals surface area contributed by atoms with Gasteiger partial charge in [-0.3, -0.25) is 4.90 Å². The van der Waals surface area contributed by atoms with Gasteiger partial charge < -0.3 is 4.98 Å². The number of fused-ring (bicyclic) bond motifs is 1. The lowest BCUT2D eigenvalue weighted by molar-refractivity contribution is 0.298. The van der Waals surface area contributed by atoms with Gasteiger partial charge in [0.1, 0.15) is 0 Å². The van der Waals surface area contributed by atoms with Crippen LogP contribution in [0.15, 0.2) is 53.4 Å². The van der Waals surface area contributed by atoms with E-state index in [1.165, 1.54) is 22.6 Å². The van der Waals surface area contributed by atoms with Gasteiger partial charge in [0.05, 0.1) is 4.90 Å². The van der Waals surface area contributed by atoms with E-state index in [1.807, 2.05) is 18.2 Å². The molecule has 0 unspecified atom stereocenters. The summed E-state index contributed by atoms with van der Waals surface area (Å²) >= 11 is 12.1. The molecule has 5 nitrogen and oxygen atoms in total. The van der Waals surface area contributed by atoms with Crippen molar-refractivity contribution in [3.8, 4) is 0 Å². The Bertz CT molecular complexity index is 1230. The minimum atomic E-state index is -3.53. The first-order valence-corrected chi connectivity index (χ1v) is 12.5. The molecule has 31 heavy (non-hydrogen) atoms. The van der Waals surface area contributed by atoms with Gasteiger partial charge in [0.25, 0.3) is 0 Å². The highest BCUT2D eigenvalue weighted by atomic mass is 35.5. The molecule has 0 amide bonds. The Morgan fingerprint density at radius 2 is 1.94 bits per heavy atom. The second-order valence-corrected chi connectivity index (χ2v) is 10.4. The highest BCUT2D eigenvalue weighted by Gasteiger charge is 2.18. The van der Waals surface area contributed by atoms with Crippen LogP contribution in [0.25, 0.3) is 16.5 Å². The molecular formula is C23H25Cl2N3O2S. The molecule has 1 aromatic heterocycles. The Morgan fingerprint density at radius 3 is 2.68 bits per heavy atom. The van der Waals surface area contributed by atoms with Crippen LogP contribution in [0.1, 0.15) is 24.1 Å². The van der Waals surface area contributed by atoms with E-state index in [2.05, 4.69) is 27.6 Å². The average Bonchev–Trinajstić information content (AvgIpc) is 3.06. The molecule has 0 radical (unpaired) electrons. The van der Waals surface area contributed by atoms with E-state index in [-0.39, 0.29) is 4.90 Å². The van der Waals surface area contributed by atoms with Crippen molar-refractivity contribution in [2.75, 3.05) is 26.2 Å². The molecule has 8 heteroatoms. The van der Waals surface area contributed by atoms with Crippen LogP contribution >= 0.6 is 23.2 Å². The Balaban J connectivity index is 1.33. The Labute approximate surface area is 193 Å². The standard InChI is InChI=1S/C23H25Cl2N3O2S/c1-16-23(21-15-19(25)6-7-22(21)27-16)17-8-12-28(13-9-17)11-3-10-26-31(29,30)20-5-2-4-18(24)14-20/h2,4-8,14-15,26-27H,3,9-13H2,1H3. The minimum Gasteiger partial charge on any atom is -0.358 e. The number of nitrogens with zero attached hydrogens (tertiary/aromatic N) is 1. The van der Waals surface area contributed by atoms with Crippen molar-refractivity contribution in [3.63, 3.8) is 0 Å². The van der Waals surface area contributed by atoms with Crippen molar-refractivity contribution >= 4 is 49.7 Å². The van der Waals surface area contributed by atoms with Gasteiger partial charge in [-0.2, -0.15) is 0 Å². The summed E-state index contributed by atoms with van der Waals surface area (Å²) in [6, 6.07) is 12.2. The highest BCUT2D eigenvalue weighted by Crippen LogP contribution is 2.33. The number of aryl methyl sites for hydroxylation is 1. The van der Waals surface area contributed by atoms with Crippen molar-refractivity contribution in [2.45, 2.75) is 24.7 Å². The average molecular weight is 478 g/mol. The van der Waals surface area contributed by atoms with E-state index >= 15 is 0 Å². The SMILES string of the molecule is Cc1[nH]c2ccc(Cl)cc2c1C1=CCN(CCCNS(=O)(=O)c2cccc(Cl)c2)CC1. The van der Waals surface area contributed by atoms with Crippen LogP contribution in [0.4, 0.5) is 0 Å². The molecular weight excluding hydrogens is 453 g/mol. The third kappa shape index (κ3) is 5.16. The summed E-state index contributed by atoms with van der Waals surface area (Å²) in [5.74, 6) is 0. The van der Waals surface area contributed by atoms with Crippen LogP contribution in [0.5, 0.6) is 0 Å². The van der Waals surface area contributed by atoms with Gasteiger partial charge in [-0.1, -0.05) is 35.3 Å². The fourth-order valence-electron chi connectivity index (χ4n) is 4.08. The van der Waals surface area contributed by atoms with Crippen LogP contribution in [0.3, 0.4) is 0 Å². The molecule has 2 heterocycles. The predicted octanol–water partition coefficient (Wildman–Crippen LogP) is 5.24. The Hall–Kier alpha value is -1.83. The first-order valence-electron chi connectivity index (χ1n) is 10.3. The Morgan fingerprint density at radius 1 is 1.13 bits per heavy atom. The van der Waals surface area contributed by atoms with E-state index in [0.717, 1.165) is 48.7 Å². The quantitative estimate of drug-likeness (QED) is 0.457. The lowest BCUT2D eigenvalue weighted by atomic mass is 9.96. The van der Waals surface area contributed by atoms with Gasteiger partial charge in [0, 0.05) is 51.8 Å². The van der Waals surface area contributed by atoms with Gasteiger partial charge in [0.2, 0.25) is 10.0 Å². The van der Waals surface area contributed by atoms with Crippen LogP contribution < -0.4 is 4.72 Å². The maximum Gasteiger partial charge on any atom is 0.240 e. The van der Waals surface area contributed by atoms with Crippen molar-refractivity contribution in [1.29, 1.82) is 0 Å². The zero-order chi connectivity index (χ0) is 22.0. The predicted molar refractivity (Wildman–Crippen MR) is 128 cm³/mol.